The van der Waals surface area contributed by atoms with Crippen LogP contribution in [0.4, 0.5) is 5.69 Å². The molecular weight excluding hydrogens is 364 g/mol. The lowest BCUT2D eigenvalue weighted by Gasteiger charge is -2.13. The molecule has 25 heavy (non-hydrogen) atoms. The molecule has 0 fully saturated rings. The van der Waals surface area contributed by atoms with Crippen LogP contribution in [0.2, 0.25) is 0 Å². The summed E-state index contributed by atoms with van der Waals surface area (Å²) in [5, 5.41) is 0. The van der Waals surface area contributed by atoms with Crippen LogP contribution in [0.3, 0.4) is 0 Å². The summed E-state index contributed by atoms with van der Waals surface area (Å²) in [6.45, 7) is 0.538. The van der Waals surface area contributed by atoms with Gasteiger partial charge in [0.15, 0.2) is 0 Å². The molecule has 0 spiro atoms. The Hall–Kier alpha value is -2.10. The number of nitrogens with one attached hydrogen (secondary N) is 1. The van der Waals surface area contributed by atoms with Crippen LogP contribution in [0.1, 0.15) is 5.56 Å². The van der Waals surface area contributed by atoms with Gasteiger partial charge in [-0.1, -0.05) is 6.07 Å². The quantitative estimate of drug-likeness (QED) is 0.849. The monoisotopic (exact) mass is 382 g/mol. The predicted octanol–water partition coefficient (Wildman–Crippen LogP) is 1.67. The molecule has 1 aliphatic heterocycles. The lowest BCUT2D eigenvalue weighted by molar-refractivity contribution is 0.356. The summed E-state index contributed by atoms with van der Waals surface area (Å²) in [7, 11) is -4.65. The number of hydrogen-bond donors (Lipinski definition) is 1. The minimum absolute atomic E-state index is 0.0139. The van der Waals surface area contributed by atoms with Crippen LogP contribution in [0.15, 0.2) is 52.3 Å². The van der Waals surface area contributed by atoms with Gasteiger partial charge in [-0.15, -0.1) is 0 Å². The molecule has 2 aromatic carbocycles. The van der Waals surface area contributed by atoms with E-state index in [1.54, 1.807) is 12.1 Å². The van der Waals surface area contributed by atoms with Gasteiger partial charge in [0.1, 0.15) is 5.75 Å². The molecule has 1 N–H and O–H groups in total. The summed E-state index contributed by atoms with van der Waals surface area (Å²) in [4.78, 5) is 0.123. The average Bonchev–Trinajstić information content (AvgIpc) is 3.02. The van der Waals surface area contributed by atoms with Crippen molar-refractivity contribution in [1.82, 2.24) is 4.31 Å². The van der Waals surface area contributed by atoms with E-state index in [-0.39, 0.29) is 15.5 Å². The van der Waals surface area contributed by atoms with Gasteiger partial charge in [0.25, 0.3) is 10.0 Å². The van der Waals surface area contributed by atoms with E-state index in [4.69, 9.17) is 4.74 Å². The Morgan fingerprint density at radius 3 is 2.48 bits per heavy atom. The number of ether oxygens (including phenoxy) is 1. The Bertz CT molecular complexity index is 1010. The van der Waals surface area contributed by atoms with Crippen LogP contribution in [0.25, 0.3) is 0 Å². The fraction of sp³-hybridized carbons (Fsp3) is 0.250. The van der Waals surface area contributed by atoms with Crippen molar-refractivity contribution < 1.29 is 21.6 Å². The zero-order valence-corrected chi connectivity index (χ0v) is 15.4. The van der Waals surface area contributed by atoms with Gasteiger partial charge in [-0.3, -0.25) is 4.72 Å². The Kier molecular flexibility index (Phi) is 4.48. The summed E-state index contributed by atoms with van der Waals surface area (Å²) in [5.41, 5.74) is 1.02. The predicted molar refractivity (Wildman–Crippen MR) is 93.8 cm³/mol. The molecule has 1 aliphatic rings. The molecule has 0 radical (unpaired) electrons. The first-order valence-electron chi connectivity index (χ1n) is 7.51. The van der Waals surface area contributed by atoms with Gasteiger partial charge in [0.05, 0.1) is 22.1 Å². The van der Waals surface area contributed by atoms with Gasteiger partial charge in [0.2, 0.25) is 10.0 Å². The molecule has 7 nitrogen and oxygen atoms in total. The summed E-state index contributed by atoms with van der Waals surface area (Å²) >= 11 is 0. The van der Waals surface area contributed by atoms with Crippen molar-refractivity contribution >= 4 is 25.7 Å². The van der Waals surface area contributed by atoms with E-state index in [9.17, 15) is 16.8 Å². The van der Waals surface area contributed by atoms with Gasteiger partial charge in [-0.25, -0.2) is 21.1 Å². The fourth-order valence-electron chi connectivity index (χ4n) is 2.48. The first-order valence-corrected chi connectivity index (χ1v) is 10.4. The molecule has 0 saturated heterocycles. The largest absolute Gasteiger partial charge is 0.493 e. The molecular formula is C16H18N2O5S2. The second-order valence-electron chi connectivity index (χ2n) is 5.79. The van der Waals surface area contributed by atoms with E-state index >= 15 is 0 Å². The van der Waals surface area contributed by atoms with Crippen LogP contribution >= 0.6 is 0 Å². The van der Waals surface area contributed by atoms with Crippen molar-refractivity contribution in [3.8, 4) is 5.75 Å². The van der Waals surface area contributed by atoms with Crippen molar-refractivity contribution in [3.05, 3.63) is 48.0 Å². The third kappa shape index (κ3) is 3.48. The maximum absolute atomic E-state index is 12.6. The van der Waals surface area contributed by atoms with Crippen molar-refractivity contribution in [2.45, 2.75) is 16.2 Å². The molecule has 0 atom stereocenters. The number of sulfonamides is 2. The number of anilines is 1. The van der Waals surface area contributed by atoms with E-state index in [1.807, 2.05) is 0 Å². The van der Waals surface area contributed by atoms with E-state index in [0.717, 1.165) is 9.87 Å². The number of rotatable bonds is 5. The second kappa shape index (κ2) is 6.32. The number of fused-ring (bicyclic) bond motifs is 1. The smallest absolute Gasteiger partial charge is 0.261 e. The van der Waals surface area contributed by atoms with E-state index in [2.05, 4.69) is 4.72 Å². The van der Waals surface area contributed by atoms with Gasteiger partial charge in [-0.05, 0) is 42.0 Å². The van der Waals surface area contributed by atoms with Gasteiger partial charge in [0, 0.05) is 20.5 Å². The molecule has 134 valence electrons. The van der Waals surface area contributed by atoms with Gasteiger partial charge < -0.3 is 4.74 Å². The molecule has 2 aromatic rings. The van der Waals surface area contributed by atoms with Crippen molar-refractivity contribution in [2.75, 3.05) is 25.4 Å². The van der Waals surface area contributed by atoms with Gasteiger partial charge >= 0.3 is 0 Å². The molecule has 0 unspecified atom stereocenters. The number of nitrogens with zero attached hydrogens (tertiary/aromatic N) is 1. The third-order valence-corrected chi connectivity index (χ3v) is 7.03. The highest BCUT2D eigenvalue weighted by molar-refractivity contribution is 7.92. The normalized spacial score (nSPS) is 14.2. The lowest BCUT2D eigenvalue weighted by atomic mass is 10.2. The maximum Gasteiger partial charge on any atom is 0.261 e. The highest BCUT2D eigenvalue weighted by Gasteiger charge is 2.21. The molecule has 3 rings (SSSR count). The molecule has 9 heteroatoms. The van der Waals surface area contributed by atoms with Crippen LogP contribution in [-0.2, 0) is 26.5 Å². The summed E-state index contributed by atoms with van der Waals surface area (Å²) in [6, 6.07) is 10.4. The van der Waals surface area contributed by atoms with Crippen molar-refractivity contribution in [2.24, 2.45) is 0 Å². The minimum Gasteiger partial charge on any atom is -0.493 e. The van der Waals surface area contributed by atoms with Gasteiger partial charge in [-0.2, -0.15) is 0 Å². The minimum atomic E-state index is -3.83. The Morgan fingerprint density at radius 2 is 1.76 bits per heavy atom. The van der Waals surface area contributed by atoms with Crippen molar-refractivity contribution in [1.29, 1.82) is 0 Å². The van der Waals surface area contributed by atoms with Crippen molar-refractivity contribution in [3.63, 3.8) is 0 Å². The average molecular weight is 382 g/mol. The van der Waals surface area contributed by atoms with Crippen LogP contribution < -0.4 is 9.46 Å². The lowest BCUT2D eigenvalue weighted by Crippen LogP contribution is -2.22. The van der Waals surface area contributed by atoms with E-state index in [0.29, 0.717) is 18.8 Å². The summed E-state index contributed by atoms with van der Waals surface area (Å²) in [5.74, 6) is 0.693. The summed E-state index contributed by atoms with van der Waals surface area (Å²) < 4.78 is 58.4. The maximum atomic E-state index is 12.6. The SMILES string of the molecule is CN(C)S(=O)(=O)c1cccc(NS(=O)(=O)c2ccc3c(c2)CCO3)c1. The second-order valence-corrected chi connectivity index (χ2v) is 9.62. The highest BCUT2D eigenvalue weighted by atomic mass is 32.2. The number of hydrogen-bond acceptors (Lipinski definition) is 5. The topological polar surface area (TPSA) is 92.8 Å². The zero-order chi connectivity index (χ0) is 18.2. The first-order chi connectivity index (χ1) is 11.7. The number of benzene rings is 2. The fourth-order valence-corrected chi connectivity index (χ4v) is 4.52. The Balaban J connectivity index is 1.92. The molecule has 0 aromatic heterocycles. The Labute approximate surface area is 147 Å². The third-order valence-electron chi connectivity index (χ3n) is 3.84. The molecule has 0 amide bonds. The van der Waals surface area contributed by atoms with Crippen LogP contribution in [0.5, 0.6) is 5.75 Å². The van der Waals surface area contributed by atoms with Crippen LogP contribution in [0, 0.1) is 0 Å². The zero-order valence-electron chi connectivity index (χ0n) is 13.8. The van der Waals surface area contributed by atoms with E-state index in [1.165, 1.54) is 44.4 Å². The Morgan fingerprint density at radius 1 is 1.00 bits per heavy atom. The molecule has 1 heterocycles. The molecule has 0 saturated carbocycles. The summed E-state index contributed by atoms with van der Waals surface area (Å²) in [6.07, 6.45) is 0.662. The molecule has 0 bridgehead atoms. The first kappa shape index (κ1) is 17.7. The standard InChI is InChI=1S/C16H18N2O5S2/c1-18(2)25(21,22)15-5-3-4-13(11-15)17-24(19,20)14-6-7-16-12(10-14)8-9-23-16/h3-7,10-11,17H,8-9H2,1-2H3. The van der Waals surface area contributed by atoms with E-state index < -0.39 is 20.0 Å². The highest BCUT2D eigenvalue weighted by Crippen LogP contribution is 2.28. The van der Waals surface area contributed by atoms with Crippen LogP contribution in [-0.4, -0.2) is 41.8 Å². The molecule has 0 aliphatic carbocycles.